The molecule has 2 aliphatic rings. The minimum atomic E-state index is 1.15. The molecule has 130 valence electrons. The lowest BCUT2D eigenvalue weighted by molar-refractivity contribution is 0.321. The summed E-state index contributed by atoms with van der Waals surface area (Å²) < 4.78 is 0. The fourth-order valence-corrected chi connectivity index (χ4v) is 3.56. The number of aryl methyl sites for hydroxylation is 1. The second-order valence-corrected chi connectivity index (χ2v) is 6.64. The minimum absolute atomic E-state index is 1.15. The van der Waals surface area contributed by atoms with Crippen molar-refractivity contribution >= 4 is 0 Å². The van der Waals surface area contributed by atoms with Crippen molar-refractivity contribution in [2.24, 2.45) is 0 Å². The molecule has 1 aromatic carbocycles. The first-order valence-electron chi connectivity index (χ1n) is 9.12. The molecule has 24 heavy (non-hydrogen) atoms. The fraction of sp³-hybridized carbons (Fsp3) is 0.455. The average Bonchev–Trinajstić information content (AvgIpc) is 2.93. The largest absolute Gasteiger partial charge is 0.349 e. The molecule has 0 aliphatic carbocycles. The van der Waals surface area contributed by atoms with Gasteiger partial charge >= 0.3 is 0 Å². The van der Waals surface area contributed by atoms with Gasteiger partial charge in [0.05, 0.1) is 0 Å². The maximum absolute atomic E-state index is 3.36. The van der Waals surface area contributed by atoms with Gasteiger partial charge in [-0.25, -0.2) is 0 Å². The van der Waals surface area contributed by atoms with E-state index >= 15 is 0 Å². The molecule has 2 heterocycles. The molecule has 2 aliphatic heterocycles. The van der Waals surface area contributed by atoms with Gasteiger partial charge in [0.1, 0.15) is 0 Å². The molecule has 0 bridgehead atoms. The summed E-state index contributed by atoms with van der Waals surface area (Å²) in [5.74, 6) is 0. The molecular weight excluding hydrogens is 292 g/mol. The minimum Gasteiger partial charge on any atom is -0.349 e. The van der Waals surface area contributed by atoms with Crippen molar-refractivity contribution in [3.8, 4) is 0 Å². The fourth-order valence-electron chi connectivity index (χ4n) is 3.56. The number of rotatable bonds is 4. The van der Waals surface area contributed by atoms with Crippen LogP contribution in [0.3, 0.4) is 0 Å². The van der Waals surface area contributed by atoms with E-state index in [2.05, 4.69) is 66.8 Å². The molecule has 0 amide bonds. The van der Waals surface area contributed by atoms with Crippen LogP contribution in [0.4, 0.5) is 0 Å². The Labute approximate surface area is 148 Å². The molecule has 0 N–H and O–H groups in total. The van der Waals surface area contributed by atoms with Crippen LogP contribution in [0.25, 0.3) is 0 Å². The second kappa shape index (κ2) is 9.48. The third-order valence-electron chi connectivity index (χ3n) is 4.69. The van der Waals surface area contributed by atoms with Crippen LogP contribution in [0.2, 0.25) is 0 Å². The van der Waals surface area contributed by atoms with Gasteiger partial charge in [0.25, 0.3) is 0 Å². The third kappa shape index (κ3) is 4.85. The summed E-state index contributed by atoms with van der Waals surface area (Å²) in [5.41, 5.74) is 6.24. The van der Waals surface area contributed by atoms with Gasteiger partial charge in [-0.1, -0.05) is 42.5 Å². The van der Waals surface area contributed by atoms with Crippen molar-refractivity contribution in [2.45, 2.75) is 39.5 Å². The van der Waals surface area contributed by atoms with Crippen molar-refractivity contribution in [1.29, 1.82) is 0 Å². The van der Waals surface area contributed by atoms with Crippen LogP contribution in [0.15, 0.2) is 66.0 Å². The van der Waals surface area contributed by atoms with Gasteiger partial charge < -0.3 is 9.80 Å². The highest BCUT2D eigenvalue weighted by Crippen LogP contribution is 2.36. The van der Waals surface area contributed by atoms with Crippen molar-refractivity contribution in [2.75, 3.05) is 26.7 Å². The zero-order valence-corrected chi connectivity index (χ0v) is 15.6. The zero-order valence-electron chi connectivity index (χ0n) is 15.6. The van der Waals surface area contributed by atoms with Gasteiger partial charge in [-0.15, -0.1) is 6.58 Å². The smallest absolute Gasteiger partial charge is 0.0228 e. The first-order valence-corrected chi connectivity index (χ1v) is 9.12. The van der Waals surface area contributed by atoms with Crippen LogP contribution in [0.5, 0.6) is 0 Å². The molecule has 0 fully saturated rings. The van der Waals surface area contributed by atoms with Crippen LogP contribution in [-0.2, 0) is 6.42 Å². The van der Waals surface area contributed by atoms with Crippen LogP contribution in [0, 0.1) is 0 Å². The summed E-state index contributed by atoms with van der Waals surface area (Å²) >= 11 is 0. The number of allylic oxidation sites excluding steroid dienone is 3. The quantitative estimate of drug-likeness (QED) is 0.718. The lowest BCUT2D eigenvalue weighted by atomic mass is 10.1. The maximum Gasteiger partial charge on any atom is 0.0228 e. The molecule has 0 radical (unpaired) electrons. The number of hydrogen-bond donors (Lipinski definition) is 0. The van der Waals surface area contributed by atoms with E-state index in [0.717, 1.165) is 13.1 Å². The van der Waals surface area contributed by atoms with Crippen LogP contribution >= 0.6 is 0 Å². The predicted octanol–water partition coefficient (Wildman–Crippen LogP) is 5.01. The molecule has 0 aromatic heterocycles. The molecule has 2 nitrogen and oxygen atoms in total. The van der Waals surface area contributed by atoms with Gasteiger partial charge in [0, 0.05) is 43.9 Å². The molecule has 0 spiro atoms. The molecule has 0 saturated heterocycles. The summed E-state index contributed by atoms with van der Waals surface area (Å²) in [7, 11) is 2.23. The van der Waals surface area contributed by atoms with E-state index in [0.29, 0.717) is 0 Å². The maximum atomic E-state index is 3.36. The average molecular weight is 325 g/mol. The Balaban J connectivity index is 0.000000647. The monoisotopic (exact) mass is 324 g/mol. The SMILES string of the molecule is C/C=C1\CC2=C(CCN(C)C2)N1CCCc1ccccc1.C=CC. The van der Waals surface area contributed by atoms with Crippen LogP contribution in [-0.4, -0.2) is 36.5 Å². The molecule has 1 aromatic rings. The topological polar surface area (TPSA) is 6.48 Å². The number of likely N-dealkylation sites (N-methyl/N-ethyl adjacent to an activating group) is 1. The molecule has 0 atom stereocenters. The van der Waals surface area contributed by atoms with E-state index in [1.165, 1.54) is 43.5 Å². The van der Waals surface area contributed by atoms with Crippen molar-refractivity contribution in [1.82, 2.24) is 9.80 Å². The van der Waals surface area contributed by atoms with Gasteiger partial charge in [0.2, 0.25) is 0 Å². The Kier molecular flexibility index (Phi) is 7.33. The first-order chi connectivity index (χ1) is 11.7. The van der Waals surface area contributed by atoms with Gasteiger partial charge in [-0.2, -0.15) is 0 Å². The summed E-state index contributed by atoms with van der Waals surface area (Å²) in [6, 6.07) is 10.8. The van der Waals surface area contributed by atoms with E-state index < -0.39 is 0 Å². The van der Waals surface area contributed by atoms with E-state index in [4.69, 9.17) is 0 Å². The lowest BCUT2D eigenvalue weighted by Crippen LogP contribution is -2.30. The van der Waals surface area contributed by atoms with E-state index in [1.807, 2.05) is 6.92 Å². The van der Waals surface area contributed by atoms with Crippen molar-refractivity contribution in [3.63, 3.8) is 0 Å². The standard InChI is InChI=1S/C19H26N2.C3H6/c1-3-18-14-17-15-20(2)13-11-19(17)21(18)12-7-10-16-8-5-4-6-9-16;1-3-2/h3-6,8-9H,7,10-15H2,1-2H3;3H,1H2,2H3/b18-3+;. The van der Waals surface area contributed by atoms with Crippen LogP contribution in [0.1, 0.15) is 38.7 Å². The van der Waals surface area contributed by atoms with Crippen molar-refractivity contribution < 1.29 is 0 Å². The molecule has 2 heteroatoms. The van der Waals surface area contributed by atoms with E-state index in [9.17, 15) is 0 Å². The highest BCUT2D eigenvalue weighted by atomic mass is 15.2. The summed E-state index contributed by atoms with van der Waals surface area (Å²) in [6.07, 6.45) is 8.85. The number of benzene rings is 1. The Bertz CT molecular complexity index is 583. The molecule has 0 unspecified atom stereocenters. The van der Waals surface area contributed by atoms with Gasteiger partial charge in [-0.05, 0) is 44.9 Å². The first kappa shape index (κ1) is 18.5. The molecular formula is C22H32N2. The molecule has 0 saturated carbocycles. The van der Waals surface area contributed by atoms with Gasteiger partial charge in [0.15, 0.2) is 0 Å². The van der Waals surface area contributed by atoms with E-state index in [-0.39, 0.29) is 0 Å². The predicted molar refractivity (Wildman–Crippen MR) is 105 cm³/mol. The normalized spacial score (nSPS) is 19.1. The van der Waals surface area contributed by atoms with Crippen molar-refractivity contribution in [3.05, 3.63) is 71.6 Å². The number of nitrogens with zero attached hydrogens (tertiary/aromatic N) is 2. The zero-order chi connectivity index (χ0) is 17.4. The summed E-state index contributed by atoms with van der Waals surface area (Å²) in [5, 5.41) is 0. The highest BCUT2D eigenvalue weighted by molar-refractivity contribution is 5.34. The molecule has 3 rings (SSSR count). The third-order valence-corrected chi connectivity index (χ3v) is 4.69. The Morgan fingerprint density at radius 3 is 2.54 bits per heavy atom. The second-order valence-electron chi connectivity index (χ2n) is 6.64. The lowest BCUT2D eigenvalue weighted by Gasteiger charge is -2.29. The Morgan fingerprint density at radius 1 is 1.17 bits per heavy atom. The number of hydrogen-bond acceptors (Lipinski definition) is 2. The van der Waals surface area contributed by atoms with Gasteiger partial charge in [-0.3, -0.25) is 0 Å². The van der Waals surface area contributed by atoms with Crippen LogP contribution < -0.4 is 0 Å². The summed E-state index contributed by atoms with van der Waals surface area (Å²) in [4.78, 5) is 5.05. The Morgan fingerprint density at radius 2 is 1.88 bits per heavy atom. The van der Waals surface area contributed by atoms with E-state index in [1.54, 1.807) is 17.3 Å². The summed E-state index contributed by atoms with van der Waals surface area (Å²) in [6.45, 7) is 11.0. The highest BCUT2D eigenvalue weighted by Gasteiger charge is 2.29. The Hall–Kier alpha value is -1.80.